The molecule has 0 saturated heterocycles. The summed E-state index contributed by atoms with van der Waals surface area (Å²) in [7, 11) is 0. The Morgan fingerprint density at radius 3 is 2.45 bits per heavy atom. The lowest BCUT2D eigenvalue weighted by molar-refractivity contribution is 1.04. The summed E-state index contributed by atoms with van der Waals surface area (Å²) in [4.78, 5) is 33.6. The second-order valence-electron chi connectivity index (χ2n) is 3.98. The highest BCUT2D eigenvalue weighted by Gasteiger charge is 2.04. The number of fused-ring (bicyclic) bond motifs is 2. The summed E-state index contributed by atoms with van der Waals surface area (Å²) in [5.41, 5.74) is -0.0713. The van der Waals surface area contributed by atoms with E-state index < -0.39 is 11.2 Å². The Morgan fingerprint density at radius 1 is 0.909 bits per heavy atom. The standard InChI is InChI=1S/C5H2Cl2N4.C5H4N4O2/c6-3-2-1-8-11-4(2)10-5(7)9-3;10-4-2-1-6-9-3(2)7-5(11)8-4/h1H,(H,8,9,10,11);1H,(H3,6,7,8,9,10,11). The maximum absolute atomic E-state index is 10.9. The zero-order valence-electron chi connectivity index (χ0n) is 10.5. The van der Waals surface area contributed by atoms with Gasteiger partial charge in [-0.3, -0.25) is 25.0 Å². The Kier molecular flexibility index (Phi) is 3.61. The molecular weight excluding hydrogens is 335 g/mol. The van der Waals surface area contributed by atoms with Crippen LogP contribution in [0.4, 0.5) is 0 Å². The zero-order valence-corrected chi connectivity index (χ0v) is 12.0. The Labute approximate surface area is 129 Å². The Hall–Kier alpha value is -2.72. The van der Waals surface area contributed by atoms with Gasteiger partial charge >= 0.3 is 5.69 Å². The normalized spacial score (nSPS) is 10.6. The molecule has 4 N–H and O–H groups in total. The summed E-state index contributed by atoms with van der Waals surface area (Å²) in [5.74, 6) is 0. The van der Waals surface area contributed by atoms with Crippen LogP contribution in [-0.2, 0) is 0 Å². The van der Waals surface area contributed by atoms with Crippen molar-refractivity contribution in [3.63, 3.8) is 0 Å². The summed E-state index contributed by atoms with van der Waals surface area (Å²) >= 11 is 11.2. The van der Waals surface area contributed by atoms with Crippen molar-refractivity contribution < 1.29 is 0 Å². The van der Waals surface area contributed by atoms with Crippen LogP contribution in [-0.4, -0.2) is 40.3 Å². The van der Waals surface area contributed by atoms with Crippen molar-refractivity contribution in [2.24, 2.45) is 0 Å². The van der Waals surface area contributed by atoms with Crippen LogP contribution < -0.4 is 11.2 Å². The first-order valence-electron chi connectivity index (χ1n) is 5.72. The number of hydrogen-bond donors (Lipinski definition) is 4. The smallest absolute Gasteiger partial charge is 0.292 e. The number of halogens is 2. The number of aromatic nitrogens is 8. The molecule has 0 saturated carbocycles. The monoisotopic (exact) mass is 340 g/mol. The van der Waals surface area contributed by atoms with Gasteiger partial charge in [0.05, 0.1) is 17.8 Å². The van der Waals surface area contributed by atoms with E-state index in [1.165, 1.54) is 6.20 Å². The Balaban J connectivity index is 0.000000131. The van der Waals surface area contributed by atoms with Gasteiger partial charge in [-0.15, -0.1) is 0 Å². The molecule has 0 fully saturated rings. The van der Waals surface area contributed by atoms with E-state index in [9.17, 15) is 9.59 Å². The second kappa shape index (κ2) is 5.58. The lowest BCUT2D eigenvalue weighted by Gasteiger charge is -1.90. The summed E-state index contributed by atoms with van der Waals surface area (Å²) in [6.07, 6.45) is 2.90. The van der Waals surface area contributed by atoms with Crippen molar-refractivity contribution in [2.75, 3.05) is 0 Å². The number of nitrogens with zero attached hydrogens (tertiary/aromatic N) is 4. The molecule has 0 atom stereocenters. The SMILES string of the molecule is Clc1nc(Cl)c2cn[nH]c2n1.O=c1[nH]c(=O)c2cn[nH]c2[nH]1. The number of H-pyrrole nitrogens is 4. The minimum Gasteiger partial charge on any atom is -0.292 e. The van der Waals surface area contributed by atoms with Gasteiger partial charge in [-0.2, -0.15) is 15.2 Å². The maximum Gasteiger partial charge on any atom is 0.327 e. The predicted molar refractivity (Wildman–Crippen MR) is 79.0 cm³/mol. The molecule has 4 heterocycles. The van der Waals surface area contributed by atoms with Gasteiger partial charge < -0.3 is 0 Å². The first kappa shape index (κ1) is 14.2. The molecule has 22 heavy (non-hydrogen) atoms. The number of nitrogens with one attached hydrogen (secondary N) is 4. The van der Waals surface area contributed by atoms with Gasteiger partial charge in [-0.05, 0) is 11.6 Å². The average molecular weight is 341 g/mol. The molecule has 4 rings (SSSR count). The van der Waals surface area contributed by atoms with Crippen molar-refractivity contribution >= 4 is 45.3 Å². The van der Waals surface area contributed by atoms with Crippen molar-refractivity contribution in [3.05, 3.63) is 43.7 Å². The number of hydrogen-bond acceptors (Lipinski definition) is 6. The maximum atomic E-state index is 10.9. The third-order valence-electron chi connectivity index (χ3n) is 2.59. The van der Waals surface area contributed by atoms with Crippen molar-refractivity contribution in [2.45, 2.75) is 0 Å². The molecule has 4 aromatic heterocycles. The summed E-state index contributed by atoms with van der Waals surface area (Å²) in [5, 5.41) is 13.9. The second-order valence-corrected chi connectivity index (χ2v) is 4.68. The van der Waals surface area contributed by atoms with Gasteiger partial charge in [0.1, 0.15) is 16.2 Å². The van der Waals surface area contributed by atoms with E-state index in [2.05, 4.69) is 40.3 Å². The highest BCUT2D eigenvalue weighted by Crippen LogP contribution is 2.18. The lowest BCUT2D eigenvalue weighted by Crippen LogP contribution is -2.21. The van der Waals surface area contributed by atoms with Crippen LogP contribution in [0.15, 0.2) is 22.0 Å². The fourth-order valence-corrected chi connectivity index (χ4v) is 2.07. The third kappa shape index (κ3) is 2.69. The highest BCUT2D eigenvalue weighted by molar-refractivity contribution is 6.35. The molecule has 112 valence electrons. The van der Waals surface area contributed by atoms with Crippen LogP contribution in [0.3, 0.4) is 0 Å². The largest absolute Gasteiger partial charge is 0.327 e. The topological polar surface area (TPSA) is 149 Å². The molecule has 0 amide bonds. The van der Waals surface area contributed by atoms with Crippen LogP contribution in [0.5, 0.6) is 0 Å². The number of aromatic amines is 4. The zero-order chi connectivity index (χ0) is 15.7. The van der Waals surface area contributed by atoms with Gasteiger partial charge in [0.25, 0.3) is 5.56 Å². The molecule has 0 aromatic carbocycles. The van der Waals surface area contributed by atoms with E-state index >= 15 is 0 Å². The van der Waals surface area contributed by atoms with Gasteiger partial charge in [-0.1, -0.05) is 11.6 Å². The molecule has 0 aliphatic carbocycles. The lowest BCUT2D eigenvalue weighted by atomic mass is 10.4. The minimum atomic E-state index is -0.535. The molecule has 0 aliphatic heterocycles. The van der Waals surface area contributed by atoms with Crippen LogP contribution in [0, 0.1) is 0 Å². The fourth-order valence-electron chi connectivity index (χ4n) is 1.64. The first-order valence-corrected chi connectivity index (χ1v) is 6.48. The Morgan fingerprint density at radius 2 is 1.64 bits per heavy atom. The number of rotatable bonds is 0. The van der Waals surface area contributed by atoms with E-state index in [1.807, 2.05) is 0 Å². The molecule has 0 aliphatic rings. The van der Waals surface area contributed by atoms with Gasteiger partial charge in [0, 0.05) is 0 Å². The van der Waals surface area contributed by atoms with Crippen LogP contribution in [0.2, 0.25) is 10.4 Å². The molecule has 12 heteroatoms. The summed E-state index contributed by atoms with van der Waals surface area (Å²) in [6.45, 7) is 0. The van der Waals surface area contributed by atoms with Gasteiger partial charge in [0.2, 0.25) is 5.28 Å². The van der Waals surface area contributed by atoms with E-state index in [0.29, 0.717) is 27.2 Å². The highest BCUT2D eigenvalue weighted by atomic mass is 35.5. The van der Waals surface area contributed by atoms with E-state index in [4.69, 9.17) is 23.2 Å². The summed E-state index contributed by atoms with van der Waals surface area (Å²) in [6, 6.07) is 0. The van der Waals surface area contributed by atoms with Crippen LogP contribution in [0.1, 0.15) is 0 Å². The van der Waals surface area contributed by atoms with Crippen molar-refractivity contribution in [3.8, 4) is 0 Å². The summed E-state index contributed by atoms with van der Waals surface area (Å²) < 4.78 is 0. The average Bonchev–Trinajstić information content (AvgIpc) is 3.07. The quantitative estimate of drug-likeness (QED) is 0.272. The third-order valence-corrected chi connectivity index (χ3v) is 3.04. The van der Waals surface area contributed by atoms with E-state index in [0.717, 1.165) is 0 Å². The molecule has 4 aromatic rings. The fraction of sp³-hybridized carbons (Fsp3) is 0. The van der Waals surface area contributed by atoms with Crippen LogP contribution >= 0.6 is 23.2 Å². The Bertz CT molecular complexity index is 1060. The van der Waals surface area contributed by atoms with Crippen molar-refractivity contribution in [1.82, 2.24) is 40.3 Å². The molecule has 10 nitrogen and oxygen atoms in total. The predicted octanol–water partition coefficient (Wildman–Crippen LogP) is 0.599. The minimum absolute atomic E-state index is 0.117. The molecule has 0 unspecified atom stereocenters. The molecule has 0 spiro atoms. The van der Waals surface area contributed by atoms with Gasteiger partial charge in [-0.25, -0.2) is 9.78 Å². The molecular formula is C10H6Cl2N8O2. The molecule has 0 bridgehead atoms. The van der Waals surface area contributed by atoms with Crippen LogP contribution in [0.25, 0.3) is 22.1 Å². The van der Waals surface area contributed by atoms with E-state index in [1.54, 1.807) is 6.20 Å². The van der Waals surface area contributed by atoms with Crippen molar-refractivity contribution in [1.29, 1.82) is 0 Å². The van der Waals surface area contributed by atoms with Gasteiger partial charge in [0.15, 0.2) is 5.65 Å². The first-order chi connectivity index (χ1) is 10.5. The molecule has 0 radical (unpaired) electrons. The van der Waals surface area contributed by atoms with E-state index in [-0.39, 0.29) is 5.28 Å².